The number of benzene rings is 3. The number of hydrogen-bond acceptors (Lipinski definition) is 8. The van der Waals surface area contributed by atoms with Crippen molar-refractivity contribution in [1.82, 2.24) is 30.7 Å². The molecular weight excluding hydrogens is 620 g/mol. The second-order valence-corrected chi connectivity index (χ2v) is 12.4. The average molecular weight is 653 g/mol. The highest BCUT2D eigenvalue weighted by Crippen LogP contribution is 2.25. The Morgan fingerprint density at radius 3 is 2.09 bits per heavy atom. The van der Waals surface area contributed by atoms with Crippen LogP contribution in [0.25, 0.3) is 34.2 Å². The molecule has 5 aromatic rings. The van der Waals surface area contributed by atoms with Gasteiger partial charge in [-0.1, -0.05) is 73.9 Å². The first-order valence-electron chi connectivity index (χ1n) is 14.9. The van der Waals surface area contributed by atoms with Crippen LogP contribution >= 0.6 is 11.6 Å². The minimum atomic E-state index is -1.03. The lowest BCUT2D eigenvalue weighted by Crippen LogP contribution is -2.48. The maximum absolute atomic E-state index is 13.1. The fourth-order valence-electron chi connectivity index (χ4n) is 4.66. The summed E-state index contributed by atoms with van der Waals surface area (Å²) < 4.78 is 5.40. The molecule has 5 rings (SSSR count). The predicted molar refractivity (Wildman–Crippen MR) is 177 cm³/mol. The van der Waals surface area contributed by atoms with Gasteiger partial charge < -0.3 is 20.3 Å². The van der Waals surface area contributed by atoms with Crippen molar-refractivity contribution in [1.29, 1.82) is 0 Å². The van der Waals surface area contributed by atoms with Gasteiger partial charge in [-0.05, 0) is 52.9 Å². The highest BCUT2D eigenvalue weighted by atomic mass is 35.5. The lowest BCUT2D eigenvalue weighted by atomic mass is 9.86. The van der Waals surface area contributed by atoms with Crippen molar-refractivity contribution >= 4 is 29.4 Å². The van der Waals surface area contributed by atoms with Crippen molar-refractivity contribution in [2.75, 3.05) is 6.54 Å². The normalized spacial score (nSPS) is 11.9. The van der Waals surface area contributed by atoms with Gasteiger partial charge in [0.05, 0.1) is 12.0 Å². The van der Waals surface area contributed by atoms with E-state index in [0.29, 0.717) is 27.8 Å². The van der Waals surface area contributed by atoms with E-state index in [1.807, 2.05) is 36.4 Å². The topological polar surface area (TPSA) is 160 Å². The van der Waals surface area contributed by atoms with Gasteiger partial charge in [-0.15, -0.1) is 0 Å². The van der Waals surface area contributed by atoms with Gasteiger partial charge in [0.25, 0.3) is 11.8 Å². The van der Waals surface area contributed by atoms with Crippen LogP contribution in [0, 0.1) is 0 Å². The Balaban J connectivity index is 1.27. The van der Waals surface area contributed by atoms with E-state index in [1.165, 1.54) is 0 Å². The molecule has 0 saturated carbocycles. The molecule has 0 aliphatic heterocycles. The molecule has 2 heterocycles. The Hall–Kier alpha value is -5.42. The number of hydrogen-bond donors (Lipinski definition) is 3. The van der Waals surface area contributed by atoms with Crippen LogP contribution in [0.5, 0.6) is 0 Å². The lowest BCUT2D eigenvalue weighted by Gasteiger charge is -2.20. The van der Waals surface area contributed by atoms with Crippen LogP contribution in [0.4, 0.5) is 0 Å². The molecule has 0 aliphatic carbocycles. The van der Waals surface area contributed by atoms with E-state index in [2.05, 4.69) is 51.5 Å². The van der Waals surface area contributed by atoms with E-state index < -0.39 is 23.8 Å². The van der Waals surface area contributed by atoms with E-state index in [-0.39, 0.29) is 30.7 Å². The monoisotopic (exact) mass is 652 g/mol. The van der Waals surface area contributed by atoms with E-state index in [1.54, 1.807) is 48.8 Å². The van der Waals surface area contributed by atoms with Gasteiger partial charge in [-0.2, -0.15) is 4.98 Å². The van der Waals surface area contributed by atoms with Crippen LogP contribution in [0.15, 0.2) is 89.7 Å². The van der Waals surface area contributed by atoms with E-state index in [9.17, 15) is 14.4 Å². The Morgan fingerprint density at radius 1 is 0.851 bits per heavy atom. The number of carbonyl (C=O) groups is 3. The summed E-state index contributed by atoms with van der Waals surface area (Å²) in [5.41, 5.74) is 4.24. The molecular formula is C35H33ClN6O5. The standard InChI is InChI=1S/C35H33ClN6O5/c1-35(2,3)26-12-8-24(9-13-26)32(45)40-28(33(46)37-17-16-29(43)44)18-21-4-6-22(7-5-21)30-38-19-25(20-39-30)34-41-31(42-47-34)23-10-14-27(36)15-11-23/h4-15,19-20,28H,16-18H2,1-3H3,(H,37,46)(H,40,45)(H,43,44). The summed E-state index contributed by atoms with van der Waals surface area (Å²) in [6.45, 7) is 6.20. The molecule has 0 bridgehead atoms. The molecule has 2 amide bonds. The van der Waals surface area contributed by atoms with Crippen molar-refractivity contribution < 1.29 is 24.0 Å². The summed E-state index contributed by atoms with van der Waals surface area (Å²) in [7, 11) is 0. The summed E-state index contributed by atoms with van der Waals surface area (Å²) >= 11 is 5.96. The highest BCUT2D eigenvalue weighted by molar-refractivity contribution is 6.30. The van der Waals surface area contributed by atoms with Gasteiger partial charge in [0, 0.05) is 47.1 Å². The summed E-state index contributed by atoms with van der Waals surface area (Å²) in [6, 6.07) is 20.7. The number of rotatable bonds is 11. The van der Waals surface area contributed by atoms with Gasteiger partial charge in [0.2, 0.25) is 11.7 Å². The maximum atomic E-state index is 13.1. The molecule has 1 unspecified atom stereocenters. The van der Waals surface area contributed by atoms with Gasteiger partial charge in [0.15, 0.2) is 5.82 Å². The van der Waals surface area contributed by atoms with Crippen LogP contribution < -0.4 is 10.6 Å². The maximum Gasteiger partial charge on any atom is 0.305 e. The van der Waals surface area contributed by atoms with Crippen molar-refractivity contribution in [2.45, 2.75) is 45.1 Å². The third kappa shape index (κ3) is 8.65. The Kier molecular flexibility index (Phi) is 10.1. The number of aromatic nitrogens is 4. The van der Waals surface area contributed by atoms with E-state index in [4.69, 9.17) is 21.2 Å². The van der Waals surface area contributed by atoms with Gasteiger partial charge in [-0.25, -0.2) is 9.97 Å². The minimum Gasteiger partial charge on any atom is -0.481 e. The summed E-state index contributed by atoms with van der Waals surface area (Å²) in [5, 5.41) is 19.0. The van der Waals surface area contributed by atoms with Crippen molar-refractivity contribution in [3.8, 4) is 34.2 Å². The number of carboxylic acid groups (broad SMARTS) is 1. The van der Waals surface area contributed by atoms with Crippen LogP contribution in [0.3, 0.4) is 0 Å². The highest BCUT2D eigenvalue weighted by Gasteiger charge is 2.23. The Bertz CT molecular complexity index is 1850. The quantitative estimate of drug-likeness (QED) is 0.162. The molecule has 0 saturated heterocycles. The summed E-state index contributed by atoms with van der Waals surface area (Å²) in [5.74, 6) is -0.760. The van der Waals surface area contributed by atoms with Gasteiger partial charge >= 0.3 is 5.97 Å². The molecule has 47 heavy (non-hydrogen) atoms. The number of carboxylic acids is 1. The summed E-state index contributed by atoms with van der Waals surface area (Å²) in [6.07, 6.45) is 3.13. The smallest absolute Gasteiger partial charge is 0.305 e. The van der Waals surface area contributed by atoms with Gasteiger partial charge in [-0.3, -0.25) is 14.4 Å². The number of nitrogens with one attached hydrogen (secondary N) is 2. The molecule has 0 radical (unpaired) electrons. The molecule has 12 heteroatoms. The number of halogens is 1. The predicted octanol–water partition coefficient (Wildman–Crippen LogP) is 5.74. The molecule has 1 atom stereocenters. The van der Waals surface area contributed by atoms with Gasteiger partial charge in [0.1, 0.15) is 6.04 Å². The third-order valence-electron chi connectivity index (χ3n) is 7.35. The SMILES string of the molecule is CC(C)(C)c1ccc(C(=O)NC(Cc2ccc(-c3ncc(-c4nc(-c5ccc(Cl)cc5)no4)cn3)cc2)C(=O)NCCC(=O)O)cc1. The molecule has 3 aromatic carbocycles. The van der Waals surface area contributed by atoms with Crippen molar-refractivity contribution in [3.63, 3.8) is 0 Å². The Morgan fingerprint density at radius 2 is 1.47 bits per heavy atom. The zero-order valence-corrected chi connectivity index (χ0v) is 26.8. The van der Waals surface area contributed by atoms with Crippen LogP contribution in [0.2, 0.25) is 5.02 Å². The Labute approximate surface area is 276 Å². The summed E-state index contributed by atoms with van der Waals surface area (Å²) in [4.78, 5) is 50.5. The fourth-order valence-corrected chi connectivity index (χ4v) is 4.78. The van der Waals surface area contributed by atoms with Crippen LogP contribution in [-0.2, 0) is 21.4 Å². The average Bonchev–Trinajstić information content (AvgIpc) is 3.55. The second-order valence-electron chi connectivity index (χ2n) is 11.9. The molecule has 0 spiro atoms. The van der Waals surface area contributed by atoms with E-state index in [0.717, 1.165) is 22.3 Å². The zero-order chi connectivity index (χ0) is 33.6. The third-order valence-corrected chi connectivity index (χ3v) is 7.60. The first kappa shape index (κ1) is 33.0. The second kappa shape index (κ2) is 14.3. The van der Waals surface area contributed by atoms with Crippen LogP contribution in [-0.4, -0.2) is 55.6 Å². The first-order valence-corrected chi connectivity index (χ1v) is 15.3. The molecule has 0 fully saturated rings. The number of amides is 2. The largest absolute Gasteiger partial charge is 0.481 e. The minimum absolute atomic E-state index is 0.0564. The number of nitrogens with zero attached hydrogens (tertiary/aromatic N) is 4. The van der Waals surface area contributed by atoms with Crippen molar-refractivity contribution in [2.24, 2.45) is 0 Å². The fraction of sp³-hybridized carbons (Fsp3) is 0.229. The van der Waals surface area contributed by atoms with E-state index >= 15 is 0 Å². The molecule has 11 nitrogen and oxygen atoms in total. The molecule has 240 valence electrons. The molecule has 2 aromatic heterocycles. The zero-order valence-electron chi connectivity index (χ0n) is 26.0. The number of aliphatic carboxylic acids is 1. The number of carbonyl (C=O) groups excluding carboxylic acids is 2. The lowest BCUT2D eigenvalue weighted by molar-refractivity contribution is -0.137. The first-order chi connectivity index (χ1) is 22.5. The van der Waals surface area contributed by atoms with Crippen molar-refractivity contribution in [3.05, 3.63) is 107 Å². The molecule has 3 N–H and O–H groups in total. The van der Waals surface area contributed by atoms with Crippen LogP contribution in [0.1, 0.15) is 48.7 Å². The molecule has 0 aliphatic rings.